The number of hydrogen-bond acceptors (Lipinski definition) is 4. The van der Waals surface area contributed by atoms with Crippen LogP contribution in [0.5, 0.6) is 11.5 Å². The second-order valence-corrected chi connectivity index (χ2v) is 4.98. The van der Waals surface area contributed by atoms with Crippen LogP contribution in [0.25, 0.3) is 0 Å². The first-order valence-electron chi connectivity index (χ1n) is 6.78. The third kappa shape index (κ3) is 3.63. The molecule has 0 heterocycles. The van der Waals surface area contributed by atoms with Gasteiger partial charge in [0.1, 0.15) is 11.5 Å². The van der Waals surface area contributed by atoms with E-state index in [9.17, 15) is 15.0 Å². The van der Waals surface area contributed by atoms with Gasteiger partial charge in [-0.25, -0.2) is 0 Å². The molecule has 5 heteroatoms. The zero-order valence-electron chi connectivity index (χ0n) is 12.3. The van der Waals surface area contributed by atoms with E-state index in [0.29, 0.717) is 41.5 Å². The summed E-state index contributed by atoms with van der Waals surface area (Å²) in [6.07, 6.45) is 1.43. The lowest BCUT2D eigenvalue weighted by Gasteiger charge is -2.15. The van der Waals surface area contributed by atoms with E-state index in [4.69, 9.17) is 5.11 Å². The Morgan fingerprint density at radius 3 is 2.25 bits per heavy atom. The highest BCUT2D eigenvalue weighted by Gasteiger charge is 2.16. The second kappa shape index (κ2) is 7.14. The molecule has 0 saturated carbocycles. The number of hydrogen-bond donors (Lipinski definition) is 4. The van der Waals surface area contributed by atoms with Gasteiger partial charge in [-0.05, 0) is 50.3 Å². The quantitative estimate of drug-likeness (QED) is 0.594. The van der Waals surface area contributed by atoms with E-state index in [1.54, 1.807) is 20.8 Å². The van der Waals surface area contributed by atoms with E-state index in [2.05, 4.69) is 5.32 Å². The van der Waals surface area contributed by atoms with Gasteiger partial charge in [0, 0.05) is 18.5 Å². The molecule has 0 fully saturated rings. The third-order valence-electron chi connectivity index (χ3n) is 3.63. The van der Waals surface area contributed by atoms with Crippen LogP contribution in [0.15, 0.2) is 0 Å². The molecule has 5 nitrogen and oxygen atoms in total. The molecule has 4 N–H and O–H groups in total. The monoisotopic (exact) mass is 281 g/mol. The molecule has 0 saturated heterocycles. The van der Waals surface area contributed by atoms with E-state index in [0.717, 1.165) is 0 Å². The summed E-state index contributed by atoms with van der Waals surface area (Å²) in [5, 5.41) is 31.3. The van der Waals surface area contributed by atoms with Crippen molar-refractivity contribution in [2.24, 2.45) is 0 Å². The van der Waals surface area contributed by atoms with E-state index in [-0.39, 0.29) is 30.6 Å². The predicted octanol–water partition coefficient (Wildman–Crippen LogP) is 1.45. The normalized spacial score (nSPS) is 10.6. The maximum atomic E-state index is 11.4. The molecule has 0 unspecified atom stereocenters. The molecule has 1 aromatic rings. The van der Waals surface area contributed by atoms with Crippen LogP contribution in [0, 0.1) is 20.8 Å². The SMILES string of the molecule is Cc1c(C)c(O)c(CCCC(=O)NCCO)c(C)c1O. The standard InChI is InChI=1S/C15H23NO4/c1-9-10(2)15(20)12(11(3)14(9)19)5-4-6-13(18)16-7-8-17/h17,19-20H,4-8H2,1-3H3,(H,16,18). The van der Waals surface area contributed by atoms with Crippen molar-refractivity contribution in [1.29, 1.82) is 0 Å². The van der Waals surface area contributed by atoms with Crippen molar-refractivity contribution in [2.75, 3.05) is 13.2 Å². The Kier molecular flexibility index (Phi) is 5.82. The van der Waals surface area contributed by atoms with Crippen LogP contribution < -0.4 is 5.32 Å². The summed E-state index contributed by atoms with van der Waals surface area (Å²) in [5.74, 6) is 0.290. The smallest absolute Gasteiger partial charge is 0.220 e. The van der Waals surface area contributed by atoms with Crippen molar-refractivity contribution in [3.8, 4) is 11.5 Å². The zero-order valence-corrected chi connectivity index (χ0v) is 12.3. The Morgan fingerprint density at radius 1 is 1.05 bits per heavy atom. The van der Waals surface area contributed by atoms with Crippen molar-refractivity contribution in [1.82, 2.24) is 5.32 Å². The minimum atomic E-state index is -0.121. The number of aliphatic hydroxyl groups excluding tert-OH is 1. The van der Waals surface area contributed by atoms with E-state index in [1.807, 2.05) is 0 Å². The number of carbonyl (C=O) groups is 1. The summed E-state index contributed by atoms with van der Waals surface area (Å²) in [6.45, 7) is 5.48. The summed E-state index contributed by atoms with van der Waals surface area (Å²) in [5.41, 5.74) is 2.72. The minimum Gasteiger partial charge on any atom is -0.507 e. The molecule has 0 radical (unpaired) electrons. The molecular formula is C15H23NO4. The van der Waals surface area contributed by atoms with Crippen LogP contribution in [-0.4, -0.2) is 34.4 Å². The molecule has 112 valence electrons. The van der Waals surface area contributed by atoms with Crippen LogP contribution in [0.2, 0.25) is 0 Å². The Morgan fingerprint density at radius 2 is 1.65 bits per heavy atom. The average Bonchev–Trinajstić information content (AvgIpc) is 2.44. The first-order chi connectivity index (χ1) is 9.40. The molecule has 0 spiro atoms. The summed E-state index contributed by atoms with van der Waals surface area (Å²) in [4.78, 5) is 11.4. The molecule has 0 atom stereocenters. The van der Waals surface area contributed by atoms with E-state index in [1.165, 1.54) is 0 Å². The lowest BCUT2D eigenvalue weighted by molar-refractivity contribution is -0.121. The molecule has 0 aromatic heterocycles. The number of carbonyl (C=O) groups excluding carboxylic acids is 1. The van der Waals surface area contributed by atoms with Gasteiger partial charge in [0.25, 0.3) is 0 Å². The fourth-order valence-corrected chi connectivity index (χ4v) is 2.20. The van der Waals surface area contributed by atoms with Crippen LogP contribution >= 0.6 is 0 Å². The van der Waals surface area contributed by atoms with E-state index >= 15 is 0 Å². The van der Waals surface area contributed by atoms with Crippen molar-refractivity contribution < 1.29 is 20.1 Å². The lowest BCUT2D eigenvalue weighted by Crippen LogP contribution is -2.26. The van der Waals surface area contributed by atoms with Gasteiger partial charge in [0.2, 0.25) is 5.91 Å². The summed E-state index contributed by atoms with van der Waals surface area (Å²) >= 11 is 0. The topological polar surface area (TPSA) is 89.8 Å². The van der Waals surface area contributed by atoms with Gasteiger partial charge in [-0.2, -0.15) is 0 Å². The van der Waals surface area contributed by atoms with Crippen molar-refractivity contribution in [3.05, 3.63) is 22.3 Å². The molecule has 0 aliphatic heterocycles. The van der Waals surface area contributed by atoms with Gasteiger partial charge in [0.05, 0.1) is 6.61 Å². The molecule has 1 rings (SSSR count). The highest BCUT2D eigenvalue weighted by atomic mass is 16.3. The highest BCUT2D eigenvalue weighted by Crippen LogP contribution is 2.36. The van der Waals surface area contributed by atoms with E-state index < -0.39 is 0 Å². The van der Waals surface area contributed by atoms with Crippen LogP contribution in [0.4, 0.5) is 0 Å². The van der Waals surface area contributed by atoms with Crippen LogP contribution in [0.1, 0.15) is 35.1 Å². The number of nitrogens with one attached hydrogen (secondary N) is 1. The molecular weight excluding hydrogens is 258 g/mol. The summed E-state index contributed by atoms with van der Waals surface area (Å²) in [7, 11) is 0. The van der Waals surface area contributed by atoms with Gasteiger partial charge in [-0.15, -0.1) is 0 Å². The molecule has 0 bridgehead atoms. The zero-order chi connectivity index (χ0) is 15.3. The van der Waals surface area contributed by atoms with Gasteiger partial charge >= 0.3 is 0 Å². The Hall–Kier alpha value is -1.75. The minimum absolute atomic E-state index is 0.0728. The molecule has 1 amide bonds. The van der Waals surface area contributed by atoms with Crippen LogP contribution in [-0.2, 0) is 11.2 Å². The lowest BCUT2D eigenvalue weighted by atomic mass is 9.94. The summed E-state index contributed by atoms with van der Waals surface area (Å²) < 4.78 is 0. The summed E-state index contributed by atoms with van der Waals surface area (Å²) in [6, 6.07) is 0. The maximum Gasteiger partial charge on any atom is 0.220 e. The second-order valence-electron chi connectivity index (χ2n) is 4.98. The van der Waals surface area contributed by atoms with Gasteiger partial charge in [-0.3, -0.25) is 4.79 Å². The fourth-order valence-electron chi connectivity index (χ4n) is 2.20. The largest absolute Gasteiger partial charge is 0.507 e. The van der Waals surface area contributed by atoms with Crippen molar-refractivity contribution in [3.63, 3.8) is 0 Å². The van der Waals surface area contributed by atoms with Crippen molar-refractivity contribution >= 4 is 5.91 Å². The molecule has 20 heavy (non-hydrogen) atoms. The first-order valence-corrected chi connectivity index (χ1v) is 6.78. The van der Waals surface area contributed by atoms with Crippen LogP contribution in [0.3, 0.4) is 0 Å². The third-order valence-corrected chi connectivity index (χ3v) is 3.63. The molecule has 0 aliphatic rings. The number of phenolic OH excluding ortho intramolecular Hbond substituents is 2. The Balaban J connectivity index is 2.72. The number of aliphatic hydroxyl groups is 1. The Labute approximate surface area is 119 Å². The number of phenols is 2. The fraction of sp³-hybridized carbons (Fsp3) is 0.533. The van der Waals surface area contributed by atoms with Gasteiger partial charge < -0.3 is 20.6 Å². The maximum absolute atomic E-state index is 11.4. The number of amides is 1. The average molecular weight is 281 g/mol. The van der Waals surface area contributed by atoms with Crippen molar-refractivity contribution in [2.45, 2.75) is 40.0 Å². The van der Waals surface area contributed by atoms with Gasteiger partial charge in [0.15, 0.2) is 0 Å². The number of aromatic hydroxyl groups is 2. The predicted molar refractivity (Wildman–Crippen MR) is 77.0 cm³/mol. The highest BCUT2D eigenvalue weighted by molar-refractivity contribution is 5.75. The number of benzene rings is 1. The number of rotatable bonds is 6. The Bertz CT molecular complexity index is 468. The van der Waals surface area contributed by atoms with Gasteiger partial charge in [-0.1, -0.05) is 0 Å². The first kappa shape index (κ1) is 16.3. The molecule has 1 aromatic carbocycles. The molecule has 0 aliphatic carbocycles.